The topological polar surface area (TPSA) is 66.5 Å². The van der Waals surface area contributed by atoms with Gasteiger partial charge in [0.2, 0.25) is 15.9 Å². The summed E-state index contributed by atoms with van der Waals surface area (Å²) in [4.78, 5) is 15.0. The van der Waals surface area contributed by atoms with Gasteiger partial charge in [0.25, 0.3) is 0 Å². The van der Waals surface area contributed by atoms with Crippen molar-refractivity contribution in [2.75, 3.05) is 13.3 Å². The molecule has 8 heteroatoms. The van der Waals surface area contributed by atoms with Crippen LogP contribution in [0.4, 0.5) is 4.39 Å². The number of thioether (sulfide) groups is 1. The van der Waals surface area contributed by atoms with E-state index >= 15 is 0 Å². The summed E-state index contributed by atoms with van der Waals surface area (Å²) in [5.41, 5.74) is 0.951. The largest absolute Gasteiger partial charge is 0.340 e. The van der Waals surface area contributed by atoms with E-state index in [1.165, 1.54) is 11.8 Å². The van der Waals surface area contributed by atoms with Crippen molar-refractivity contribution < 1.29 is 17.6 Å². The van der Waals surface area contributed by atoms with E-state index in [9.17, 15) is 17.6 Å². The van der Waals surface area contributed by atoms with Gasteiger partial charge in [0, 0.05) is 18.5 Å². The molecule has 140 valence electrons. The number of rotatable bonds is 7. The van der Waals surface area contributed by atoms with Crippen molar-refractivity contribution in [3.63, 3.8) is 0 Å². The molecule has 0 aliphatic rings. The first kappa shape index (κ1) is 20.4. The summed E-state index contributed by atoms with van der Waals surface area (Å²) in [5, 5.41) is 0. The van der Waals surface area contributed by atoms with Crippen LogP contribution in [0.1, 0.15) is 12.5 Å². The van der Waals surface area contributed by atoms with Crippen LogP contribution in [0.15, 0.2) is 58.3 Å². The van der Waals surface area contributed by atoms with E-state index < -0.39 is 21.9 Å². The summed E-state index contributed by atoms with van der Waals surface area (Å²) in [6.45, 7) is 1.85. The third-order valence-corrected chi connectivity index (χ3v) is 6.08. The predicted octanol–water partition coefficient (Wildman–Crippen LogP) is 2.87. The molecule has 1 unspecified atom stereocenters. The molecule has 0 heterocycles. The molecule has 0 fully saturated rings. The molecule has 2 aromatic carbocycles. The molecule has 0 bridgehead atoms. The first-order valence-electron chi connectivity index (χ1n) is 7.89. The Kier molecular flexibility index (Phi) is 6.80. The molecule has 1 atom stereocenters. The highest BCUT2D eigenvalue weighted by molar-refractivity contribution is 7.98. The maximum atomic E-state index is 12.9. The van der Waals surface area contributed by atoms with Crippen LogP contribution in [0.25, 0.3) is 0 Å². The number of hydrogen-bond acceptors (Lipinski definition) is 4. The molecule has 2 aromatic rings. The first-order chi connectivity index (χ1) is 12.2. The van der Waals surface area contributed by atoms with Gasteiger partial charge in [-0.15, -0.1) is 11.8 Å². The fourth-order valence-corrected chi connectivity index (χ4v) is 3.98. The lowest BCUT2D eigenvalue weighted by Gasteiger charge is -2.22. The minimum absolute atomic E-state index is 0.0890. The van der Waals surface area contributed by atoms with Crippen LogP contribution in [0.5, 0.6) is 0 Å². The molecular formula is C18H21FN2O3S2. The zero-order valence-corrected chi connectivity index (χ0v) is 16.4. The normalized spacial score (nSPS) is 12.6. The molecule has 0 aliphatic heterocycles. The number of halogens is 1. The zero-order valence-electron chi connectivity index (χ0n) is 14.8. The summed E-state index contributed by atoms with van der Waals surface area (Å²) in [6, 6.07) is 11.3. The highest BCUT2D eigenvalue weighted by Gasteiger charge is 2.24. The Morgan fingerprint density at radius 1 is 1.15 bits per heavy atom. The van der Waals surface area contributed by atoms with Gasteiger partial charge < -0.3 is 4.90 Å². The van der Waals surface area contributed by atoms with Gasteiger partial charge in [-0.05, 0) is 55.1 Å². The van der Waals surface area contributed by atoms with Gasteiger partial charge in [0.1, 0.15) is 5.82 Å². The fourth-order valence-electron chi connectivity index (χ4n) is 2.38. The minimum atomic E-state index is -3.90. The van der Waals surface area contributed by atoms with Gasteiger partial charge in [0.05, 0.1) is 10.9 Å². The Morgan fingerprint density at radius 3 is 2.27 bits per heavy atom. The number of likely N-dealkylation sites (N-methyl/N-ethyl adjacent to an activating group) is 1. The number of amides is 1. The number of hydrogen-bond donors (Lipinski definition) is 1. The lowest BCUT2D eigenvalue weighted by molar-refractivity contribution is -0.131. The zero-order chi connectivity index (χ0) is 19.3. The van der Waals surface area contributed by atoms with Crippen molar-refractivity contribution in [1.82, 2.24) is 9.62 Å². The fraction of sp³-hybridized carbons (Fsp3) is 0.278. The van der Waals surface area contributed by atoms with E-state index in [4.69, 9.17) is 0 Å². The standard InChI is InChI=1S/C18H21FN2O3S2/c1-13(20-26(23,24)17-10-6-15(19)7-11-17)18(22)21(2)12-14-4-8-16(25-3)9-5-14/h4-11,13,20H,12H2,1-3H3. The minimum Gasteiger partial charge on any atom is -0.340 e. The van der Waals surface area contributed by atoms with Crippen molar-refractivity contribution in [2.24, 2.45) is 0 Å². The van der Waals surface area contributed by atoms with Gasteiger partial charge in [0.15, 0.2) is 0 Å². The maximum Gasteiger partial charge on any atom is 0.241 e. The molecule has 1 amide bonds. The van der Waals surface area contributed by atoms with Gasteiger partial charge in [-0.3, -0.25) is 4.79 Å². The number of nitrogens with one attached hydrogen (secondary N) is 1. The average molecular weight is 397 g/mol. The molecule has 26 heavy (non-hydrogen) atoms. The Labute approximate surface area is 157 Å². The lowest BCUT2D eigenvalue weighted by Crippen LogP contribution is -2.45. The highest BCUT2D eigenvalue weighted by Crippen LogP contribution is 2.16. The second kappa shape index (κ2) is 8.66. The molecule has 0 spiro atoms. The van der Waals surface area contributed by atoms with E-state index in [1.54, 1.807) is 18.8 Å². The van der Waals surface area contributed by atoms with Crippen LogP contribution in [0.2, 0.25) is 0 Å². The summed E-state index contributed by atoms with van der Waals surface area (Å²) < 4.78 is 39.9. The maximum absolute atomic E-state index is 12.9. The van der Waals surface area contributed by atoms with Crippen LogP contribution in [0, 0.1) is 5.82 Å². The van der Waals surface area contributed by atoms with E-state index in [0.29, 0.717) is 6.54 Å². The Bertz CT molecular complexity index is 853. The van der Waals surface area contributed by atoms with E-state index in [-0.39, 0.29) is 10.8 Å². The van der Waals surface area contributed by atoms with Crippen LogP contribution in [-0.4, -0.2) is 38.6 Å². The van der Waals surface area contributed by atoms with Crippen LogP contribution < -0.4 is 4.72 Å². The summed E-state index contributed by atoms with van der Waals surface area (Å²) in [6.07, 6.45) is 1.99. The second-order valence-corrected chi connectivity index (χ2v) is 8.43. The average Bonchev–Trinajstić information content (AvgIpc) is 2.61. The number of carbonyl (C=O) groups excluding carboxylic acids is 1. The lowest BCUT2D eigenvalue weighted by atomic mass is 10.2. The van der Waals surface area contributed by atoms with Crippen LogP contribution in [0.3, 0.4) is 0 Å². The van der Waals surface area contributed by atoms with Crippen molar-refractivity contribution >= 4 is 27.7 Å². The third kappa shape index (κ3) is 5.30. The molecule has 0 aromatic heterocycles. The Morgan fingerprint density at radius 2 is 1.73 bits per heavy atom. The van der Waals surface area contributed by atoms with Crippen molar-refractivity contribution in [1.29, 1.82) is 0 Å². The van der Waals surface area contributed by atoms with Gasteiger partial charge in [-0.1, -0.05) is 12.1 Å². The third-order valence-electron chi connectivity index (χ3n) is 3.78. The van der Waals surface area contributed by atoms with Crippen molar-refractivity contribution in [3.05, 3.63) is 59.9 Å². The van der Waals surface area contributed by atoms with Crippen LogP contribution in [-0.2, 0) is 21.4 Å². The molecule has 0 radical (unpaired) electrons. The first-order valence-corrected chi connectivity index (χ1v) is 10.6. The molecular weight excluding hydrogens is 375 g/mol. The quantitative estimate of drug-likeness (QED) is 0.731. The monoisotopic (exact) mass is 396 g/mol. The van der Waals surface area contributed by atoms with E-state index in [2.05, 4.69) is 4.72 Å². The summed E-state index contributed by atoms with van der Waals surface area (Å²) in [5.74, 6) is -0.884. The number of benzene rings is 2. The van der Waals surface area contributed by atoms with E-state index in [0.717, 1.165) is 34.7 Å². The highest BCUT2D eigenvalue weighted by atomic mass is 32.2. The molecule has 5 nitrogen and oxygen atoms in total. The number of sulfonamides is 1. The summed E-state index contributed by atoms with van der Waals surface area (Å²) >= 11 is 1.63. The predicted molar refractivity (Wildman–Crippen MR) is 101 cm³/mol. The smallest absolute Gasteiger partial charge is 0.241 e. The second-order valence-electron chi connectivity index (χ2n) is 5.84. The van der Waals surface area contributed by atoms with Crippen molar-refractivity contribution in [2.45, 2.75) is 29.3 Å². The molecule has 0 aliphatic carbocycles. The Hall–Kier alpha value is -1.90. The van der Waals surface area contributed by atoms with Crippen LogP contribution >= 0.6 is 11.8 Å². The van der Waals surface area contributed by atoms with Gasteiger partial charge >= 0.3 is 0 Å². The van der Waals surface area contributed by atoms with Crippen molar-refractivity contribution in [3.8, 4) is 0 Å². The van der Waals surface area contributed by atoms with E-state index in [1.807, 2.05) is 30.5 Å². The van der Waals surface area contributed by atoms with Gasteiger partial charge in [-0.2, -0.15) is 4.72 Å². The number of nitrogens with zero attached hydrogens (tertiary/aromatic N) is 1. The molecule has 2 rings (SSSR count). The number of carbonyl (C=O) groups is 1. The summed E-state index contributed by atoms with van der Waals surface area (Å²) in [7, 11) is -2.29. The molecule has 1 N–H and O–H groups in total. The van der Waals surface area contributed by atoms with Gasteiger partial charge in [-0.25, -0.2) is 12.8 Å². The molecule has 0 saturated heterocycles. The molecule has 0 saturated carbocycles. The Balaban J connectivity index is 2.02. The SMILES string of the molecule is CSc1ccc(CN(C)C(=O)C(C)NS(=O)(=O)c2ccc(F)cc2)cc1.